The van der Waals surface area contributed by atoms with Gasteiger partial charge in [0.2, 0.25) is 0 Å². The first-order valence-electron chi connectivity index (χ1n) is 7.34. The summed E-state index contributed by atoms with van der Waals surface area (Å²) >= 11 is 0. The molecule has 23 heavy (non-hydrogen) atoms. The minimum absolute atomic E-state index is 0.170. The summed E-state index contributed by atoms with van der Waals surface area (Å²) < 4.78 is 0. The molecule has 0 radical (unpaired) electrons. The van der Waals surface area contributed by atoms with E-state index in [0.29, 0.717) is 5.69 Å². The first-order chi connectivity index (χ1) is 11.3. The van der Waals surface area contributed by atoms with Crippen LogP contribution in [0.3, 0.4) is 0 Å². The van der Waals surface area contributed by atoms with Gasteiger partial charge < -0.3 is 15.7 Å². The Hall–Kier alpha value is -2.92. The Labute approximate surface area is 134 Å². The van der Waals surface area contributed by atoms with Crippen LogP contribution in [0.5, 0.6) is 0 Å². The lowest BCUT2D eigenvalue weighted by molar-refractivity contribution is 0.225. The monoisotopic (exact) mass is 307 g/mol. The second-order valence-electron chi connectivity index (χ2n) is 5.15. The summed E-state index contributed by atoms with van der Waals surface area (Å²) in [6, 6.07) is 16.0. The third-order valence-corrected chi connectivity index (χ3v) is 3.62. The van der Waals surface area contributed by atoms with Crippen molar-refractivity contribution < 1.29 is 9.90 Å². The molecule has 0 saturated carbocycles. The summed E-state index contributed by atoms with van der Waals surface area (Å²) in [6.45, 7) is -0.170. The summed E-state index contributed by atoms with van der Waals surface area (Å²) in [5.41, 5.74) is 1.56. The van der Waals surface area contributed by atoms with Crippen molar-refractivity contribution in [1.29, 1.82) is 0 Å². The zero-order valence-corrected chi connectivity index (χ0v) is 12.4. The van der Waals surface area contributed by atoms with Gasteiger partial charge in [0.1, 0.15) is 0 Å². The van der Waals surface area contributed by atoms with Crippen LogP contribution in [0.2, 0.25) is 0 Å². The fraction of sp³-hybridized carbons (Fsp3) is 0.111. The lowest BCUT2D eigenvalue weighted by Crippen LogP contribution is -2.34. The van der Waals surface area contributed by atoms with Gasteiger partial charge >= 0.3 is 6.03 Å². The first kappa shape index (κ1) is 15.0. The Bertz CT molecular complexity index is 800. The second kappa shape index (κ2) is 6.89. The van der Waals surface area contributed by atoms with Gasteiger partial charge in [-0.05, 0) is 17.7 Å². The Morgan fingerprint density at radius 1 is 1.09 bits per heavy atom. The lowest BCUT2D eigenvalue weighted by Gasteiger charge is -2.17. The number of aliphatic hydroxyl groups excluding tert-OH is 1. The van der Waals surface area contributed by atoms with Crippen molar-refractivity contribution in [2.24, 2.45) is 0 Å². The quantitative estimate of drug-likeness (QED) is 0.693. The number of carbonyl (C=O) groups is 1. The van der Waals surface area contributed by atoms with Crippen LogP contribution in [0.15, 0.2) is 67.0 Å². The third kappa shape index (κ3) is 3.46. The molecule has 3 N–H and O–H groups in total. The van der Waals surface area contributed by atoms with Crippen LogP contribution in [0, 0.1) is 0 Å². The smallest absolute Gasteiger partial charge is 0.319 e. The van der Waals surface area contributed by atoms with Gasteiger partial charge in [0.05, 0.1) is 18.3 Å². The minimum Gasteiger partial charge on any atom is -0.394 e. The van der Waals surface area contributed by atoms with Crippen molar-refractivity contribution in [3.05, 3.63) is 72.6 Å². The Morgan fingerprint density at radius 2 is 1.91 bits per heavy atom. The van der Waals surface area contributed by atoms with Crippen LogP contribution >= 0.6 is 0 Å². The summed E-state index contributed by atoms with van der Waals surface area (Å²) in [4.78, 5) is 16.3. The lowest BCUT2D eigenvalue weighted by atomic mass is 10.1. The highest BCUT2D eigenvalue weighted by molar-refractivity contribution is 6.01. The number of carbonyl (C=O) groups excluding carboxylic acids is 1. The molecule has 3 aromatic rings. The van der Waals surface area contributed by atoms with Crippen LogP contribution in [0.1, 0.15) is 11.6 Å². The van der Waals surface area contributed by atoms with E-state index in [0.717, 1.165) is 16.3 Å². The molecule has 0 spiro atoms. The van der Waals surface area contributed by atoms with Gasteiger partial charge in [-0.3, -0.25) is 4.98 Å². The average molecular weight is 307 g/mol. The number of urea groups is 1. The molecule has 0 saturated heterocycles. The van der Waals surface area contributed by atoms with Crippen LogP contribution in [-0.2, 0) is 0 Å². The number of pyridine rings is 1. The van der Waals surface area contributed by atoms with Crippen molar-refractivity contribution in [2.45, 2.75) is 6.04 Å². The molecule has 1 heterocycles. The van der Waals surface area contributed by atoms with Gasteiger partial charge in [0.15, 0.2) is 0 Å². The molecule has 3 rings (SSSR count). The highest BCUT2D eigenvalue weighted by Gasteiger charge is 2.14. The molecule has 0 fully saturated rings. The van der Waals surface area contributed by atoms with Crippen LogP contribution in [-0.4, -0.2) is 22.7 Å². The van der Waals surface area contributed by atoms with Crippen LogP contribution < -0.4 is 10.6 Å². The number of rotatable bonds is 4. The number of anilines is 1. The van der Waals surface area contributed by atoms with Crippen molar-refractivity contribution in [3.8, 4) is 0 Å². The maximum absolute atomic E-state index is 12.2. The fourth-order valence-corrected chi connectivity index (χ4v) is 2.47. The summed E-state index contributed by atoms with van der Waals surface area (Å²) in [6.07, 6.45) is 3.44. The number of hydrogen-bond acceptors (Lipinski definition) is 3. The molecular formula is C18H17N3O2. The number of aromatic nitrogens is 1. The first-order valence-corrected chi connectivity index (χ1v) is 7.34. The van der Waals surface area contributed by atoms with Gasteiger partial charge in [-0.1, -0.05) is 42.5 Å². The van der Waals surface area contributed by atoms with E-state index in [9.17, 15) is 9.90 Å². The molecule has 2 aromatic carbocycles. The van der Waals surface area contributed by atoms with Gasteiger partial charge in [0, 0.05) is 23.2 Å². The van der Waals surface area contributed by atoms with E-state index in [1.807, 2.05) is 54.6 Å². The number of benzene rings is 2. The standard InChI is InChI=1S/C18H17N3O2/c22-12-17(13-5-2-1-3-6-13)21-18(23)20-16-8-4-7-14-11-19-10-9-15(14)16/h1-11,17,22H,12H2,(H2,20,21,23)/t17-/m1/s1. The summed E-state index contributed by atoms with van der Waals surface area (Å²) in [7, 11) is 0. The Kier molecular flexibility index (Phi) is 4.49. The molecule has 5 nitrogen and oxygen atoms in total. The van der Waals surface area contributed by atoms with E-state index in [2.05, 4.69) is 15.6 Å². The Morgan fingerprint density at radius 3 is 2.70 bits per heavy atom. The molecule has 1 aromatic heterocycles. The molecule has 0 bridgehead atoms. The Balaban J connectivity index is 1.76. The SMILES string of the molecule is O=C(Nc1cccc2cnccc12)N[C@H](CO)c1ccccc1. The zero-order chi connectivity index (χ0) is 16.1. The van der Waals surface area contributed by atoms with E-state index in [-0.39, 0.29) is 12.6 Å². The van der Waals surface area contributed by atoms with Crippen molar-refractivity contribution in [3.63, 3.8) is 0 Å². The summed E-state index contributed by atoms with van der Waals surface area (Å²) in [5.74, 6) is 0. The van der Waals surface area contributed by atoms with E-state index >= 15 is 0 Å². The van der Waals surface area contributed by atoms with Crippen molar-refractivity contribution >= 4 is 22.5 Å². The highest BCUT2D eigenvalue weighted by atomic mass is 16.3. The van der Waals surface area contributed by atoms with Gasteiger partial charge in [0.25, 0.3) is 0 Å². The largest absolute Gasteiger partial charge is 0.394 e. The molecule has 0 aliphatic heterocycles. The maximum Gasteiger partial charge on any atom is 0.319 e. The number of aliphatic hydroxyl groups is 1. The predicted molar refractivity (Wildman–Crippen MR) is 90.2 cm³/mol. The summed E-state index contributed by atoms with van der Waals surface area (Å²) in [5, 5.41) is 17.0. The van der Waals surface area contributed by atoms with E-state index < -0.39 is 6.04 Å². The second-order valence-corrected chi connectivity index (χ2v) is 5.15. The van der Waals surface area contributed by atoms with Crippen LogP contribution in [0.25, 0.3) is 10.8 Å². The third-order valence-electron chi connectivity index (χ3n) is 3.62. The van der Waals surface area contributed by atoms with E-state index in [1.54, 1.807) is 12.4 Å². The molecule has 0 unspecified atom stereocenters. The number of nitrogens with zero attached hydrogens (tertiary/aromatic N) is 1. The molecular weight excluding hydrogens is 290 g/mol. The molecule has 0 aliphatic rings. The van der Waals surface area contributed by atoms with Gasteiger partial charge in [-0.2, -0.15) is 0 Å². The number of fused-ring (bicyclic) bond motifs is 1. The fourth-order valence-electron chi connectivity index (χ4n) is 2.47. The minimum atomic E-state index is -0.451. The number of nitrogens with one attached hydrogen (secondary N) is 2. The zero-order valence-electron chi connectivity index (χ0n) is 12.4. The van der Waals surface area contributed by atoms with E-state index in [1.165, 1.54) is 0 Å². The van der Waals surface area contributed by atoms with Crippen molar-refractivity contribution in [2.75, 3.05) is 11.9 Å². The molecule has 116 valence electrons. The molecule has 1 atom stereocenters. The maximum atomic E-state index is 12.2. The molecule has 2 amide bonds. The highest BCUT2D eigenvalue weighted by Crippen LogP contribution is 2.22. The van der Waals surface area contributed by atoms with Gasteiger partial charge in [-0.25, -0.2) is 4.79 Å². The number of amides is 2. The van der Waals surface area contributed by atoms with Gasteiger partial charge in [-0.15, -0.1) is 0 Å². The molecule has 0 aliphatic carbocycles. The number of hydrogen-bond donors (Lipinski definition) is 3. The normalized spacial score (nSPS) is 11.9. The molecule has 5 heteroatoms. The van der Waals surface area contributed by atoms with E-state index in [4.69, 9.17) is 0 Å². The predicted octanol–water partition coefficient (Wildman–Crippen LogP) is 3.09. The average Bonchev–Trinajstić information content (AvgIpc) is 2.61. The van der Waals surface area contributed by atoms with Crippen LogP contribution in [0.4, 0.5) is 10.5 Å². The topological polar surface area (TPSA) is 74.2 Å². The van der Waals surface area contributed by atoms with Crippen molar-refractivity contribution in [1.82, 2.24) is 10.3 Å².